The number of aldehydes is 1. The molecule has 2 aromatic rings. The average molecular weight is 256 g/mol. The Kier molecular flexibility index (Phi) is 4.18. The summed E-state index contributed by atoms with van der Waals surface area (Å²) in [5.41, 5.74) is 1.23. The molecule has 0 radical (unpaired) electrons. The van der Waals surface area contributed by atoms with Crippen LogP contribution >= 0.6 is 0 Å². The summed E-state index contributed by atoms with van der Waals surface area (Å²) in [7, 11) is 0. The molecule has 0 aliphatic carbocycles. The number of carbonyl (C=O) groups excluding carboxylic acids is 2. The summed E-state index contributed by atoms with van der Waals surface area (Å²) < 4.78 is 12.8. The van der Waals surface area contributed by atoms with E-state index in [4.69, 9.17) is 0 Å². The monoisotopic (exact) mass is 256 g/mol. The summed E-state index contributed by atoms with van der Waals surface area (Å²) >= 11 is 0. The molecule has 19 heavy (non-hydrogen) atoms. The molecule has 0 aromatic heterocycles. The van der Waals surface area contributed by atoms with E-state index in [1.54, 1.807) is 0 Å². The van der Waals surface area contributed by atoms with E-state index < -0.39 is 5.92 Å². The highest BCUT2D eigenvalue weighted by atomic mass is 19.1. The molecular weight excluding hydrogens is 243 g/mol. The molecule has 1 unspecified atom stereocenters. The van der Waals surface area contributed by atoms with Gasteiger partial charge in [0.1, 0.15) is 12.1 Å². The fourth-order valence-corrected chi connectivity index (χ4v) is 1.90. The molecular formula is C16H13FO2. The van der Waals surface area contributed by atoms with Crippen molar-refractivity contribution in [2.45, 2.75) is 12.3 Å². The lowest BCUT2D eigenvalue weighted by Crippen LogP contribution is -2.08. The van der Waals surface area contributed by atoms with Crippen molar-refractivity contribution in [1.82, 2.24) is 0 Å². The highest BCUT2D eigenvalue weighted by Gasteiger charge is 2.16. The zero-order chi connectivity index (χ0) is 13.7. The van der Waals surface area contributed by atoms with Crippen LogP contribution in [0.5, 0.6) is 0 Å². The van der Waals surface area contributed by atoms with Crippen LogP contribution in [0.3, 0.4) is 0 Å². The fourth-order valence-electron chi connectivity index (χ4n) is 1.90. The highest BCUT2D eigenvalue weighted by molar-refractivity contribution is 5.98. The van der Waals surface area contributed by atoms with E-state index >= 15 is 0 Å². The van der Waals surface area contributed by atoms with Crippen molar-refractivity contribution < 1.29 is 14.0 Å². The molecule has 3 heteroatoms. The van der Waals surface area contributed by atoms with Crippen LogP contribution in [0.1, 0.15) is 28.3 Å². The molecule has 0 aliphatic rings. The molecule has 0 bridgehead atoms. The maximum Gasteiger partial charge on any atom is 0.163 e. The van der Waals surface area contributed by atoms with Gasteiger partial charge in [0.2, 0.25) is 0 Å². The molecule has 0 fully saturated rings. The number of carbonyl (C=O) groups is 2. The van der Waals surface area contributed by atoms with Crippen LogP contribution in [0.4, 0.5) is 4.39 Å². The van der Waals surface area contributed by atoms with Crippen LogP contribution in [0.15, 0.2) is 54.6 Å². The Morgan fingerprint density at radius 1 is 1.05 bits per heavy atom. The van der Waals surface area contributed by atoms with Crippen LogP contribution in [0.25, 0.3) is 0 Å². The third-order valence-electron chi connectivity index (χ3n) is 2.96. The van der Waals surface area contributed by atoms with Crippen molar-refractivity contribution in [1.29, 1.82) is 0 Å². The minimum atomic E-state index is -0.459. The largest absolute Gasteiger partial charge is 0.303 e. The maximum absolute atomic E-state index is 12.8. The third kappa shape index (κ3) is 3.35. The van der Waals surface area contributed by atoms with Crippen LogP contribution in [-0.4, -0.2) is 12.1 Å². The van der Waals surface area contributed by atoms with Gasteiger partial charge in [0.15, 0.2) is 5.78 Å². The fraction of sp³-hybridized carbons (Fsp3) is 0.125. The first-order valence-electron chi connectivity index (χ1n) is 5.99. The average Bonchev–Trinajstić information content (AvgIpc) is 2.46. The maximum atomic E-state index is 12.8. The molecule has 0 N–H and O–H groups in total. The number of halogens is 1. The Morgan fingerprint density at radius 3 is 2.26 bits per heavy atom. The lowest BCUT2D eigenvalue weighted by atomic mass is 9.93. The molecule has 0 saturated heterocycles. The second-order valence-corrected chi connectivity index (χ2v) is 4.29. The zero-order valence-electron chi connectivity index (χ0n) is 10.3. The molecule has 0 spiro atoms. The van der Waals surface area contributed by atoms with Gasteiger partial charge in [-0.3, -0.25) is 4.79 Å². The Hall–Kier alpha value is -2.29. The molecule has 2 rings (SSSR count). The van der Waals surface area contributed by atoms with Crippen molar-refractivity contribution in [3.8, 4) is 0 Å². The van der Waals surface area contributed by atoms with Crippen LogP contribution < -0.4 is 0 Å². The summed E-state index contributed by atoms with van der Waals surface area (Å²) in [5.74, 6) is -1.01. The topological polar surface area (TPSA) is 34.1 Å². The van der Waals surface area contributed by atoms with Crippen molar-refractivity contribution in [3.63, 3.8) is 0 Å². The summed E-state index contributed by atoms with van der Waals surface area (Å²) in [6.07, 6.45) is 0.871. The summed E-state index contributed by atoms with van der Waals surface area (Å²) in [6, 6.07) is 14.5. The van der Waals surface area contributed by atoms with E-state index in [-0.39, 0.29) is 18.0 Å². The predicted octanol–water partition coefficient (Wildman–Crippen LogP) is 3.38. The molecule has 0 saturated carbocycles. The molecule has 0 heterocycles. The summed E-state index contributed by atoms with van der Waals surface area (Å²) in [4.78, 5) is 23.1. The molecule has 0 amide bonds. The molecule has 96 valence electrons. The van der Waals surface area contributed by atoms with E-state index in [1.165, 1.54) is 24.3 Å². The Morgan fingerprint density at radius 2 is 1.68 bits per heavy atom. The van der Waals surface area contributed by atoms with Gasteiger partial charge >= 0.3 is 0 Å². The van der Waals surface area contributed by atoms with Crippen molar-refractivity contribution in [3.05, 3.63) is 71.5 Å². The molecule has 2 aromatic carbocycles. The van der Waals surface area contributed by atoms with E-state index in [0.717, 1.165) is 11.8 Å². The van der Waals surface area contributed by atoms with Crippen LogP contribution in [0, 0.1) is 5.82 Å². The second kappa shape index (κ2) is 6.05. The molecule has 0 aliphatic heterocycles. The van der Waals surface area contributed by atoms with Crippen LogP contribution in [0.2, 0.25) is 0 Å². The van der Waals surface area contributed by atoms with E-state index in [0.29, 0.717) is 5.56 Å². The van der Waals surface area contributed by atoms with Gasteiger partial charge in [0.05, 0.1) is 0 Å². The minimum absolute atomic E-state index is 0.0964. The molecule has 1 atom stereocenters. The number of ketones is 1. The summed E-state index contributed by atoms with van der Waals surface area (Å²) in [5, 5.41) is 0. The smallest absolute Gasteiger partial charge is 0.163 e. The second-order valence-electron chi connectivity index (χ2n) is 4.29. The highest BCUT2D eigenvalue weighted by Crippen LogP contribution is 2.19. The third-order valence-corrected chi connectivity index (χ3v) is 2.96. The summed E-state index contributed by atoms with van der Waals surface area (Å²) in [6.45, 7) is 0. The van der Waals surface area contributed by atoms with Gasteiger partial charge in [-0.2, -0.15) is 0 Å². The van der Waals surface area contributed by atoms with Gasteiger partial charge in [-0.05, 0) is 29.8 Å². The van der Waals surface area contributed by atoms with Gasteiger partial charge in [-0.25, -0.2) is 4.39 Å². The van der Waals surface area contributed by atoms with Crippen molar-refractivity contribution >= 4 is 12.1 Å². The first-order chi connectivity index (χ1) is 9.20. The first-order valence-corrected chi connectivity index (χ1v) is 5.99. The minimum Gasteiger partial charge on any atom is -0.303 e. The van der Waals surface area contributed by atoms with Gasteiger partial charge in [0.25, 0.3) is 0 Å². The Labute approximate surface area is 110 Å². The van der Waals surface area contributed by atoms with Gasteiger partial charge in [-0.15, -0.1) is 0 Å². The van der Waals surface area contributed by atoms with Crippen molar-refractivity contribution in [2.75, 3.05) is 0 Å². The Bertz CT molecular complexity index is 561. The number of Topliss-reactive ketones (excluding diaryl/α,β-unsaturated/α-hetero) is 1. The normalized spacial score (nSPS) is 11.8. The number of hydrogen-bond acceptors (Lipinski definition) is 2. The van der Waals surface area contributed by atoms with Gasteiger partial charge < -0.3 is 4.79 Å². The van der Waals surface area contributed by atoms with Crippen molar-refractivity contribution in [2.24, 2.45) is 0 Å². The van der Waals surface area contributed by atoms with E-state index in [1.807, 2.05) is 30.3 Å². The van der Waals surface area contributed by atoms with Gasteiger partial charge in [0, 0.05) is 17.9 Å². The lowest BCUT2D eigenvalue weighted by Gasteiger charge is -2.09. The lowest BCUT2D eigenvalue weighted by molar-refractivity contribution is -0.109. The standard InChI is InChI=1S/C16H13FO2/c17-15-8-6-13(7-9-15)16(19)10-14(11-18)12-4-2-1-3-5-12/h1-9,11,14H,10H2. The number of rotatable bonds is 5. The van der Waals surface area contributed by atoms with Gasteiger partial charge in [-0.1, -0.05) is 30.3 Å². The van der Waals surface area contributed by atoms with E-state index in [9.17, 15) is 14.0 Å². The SMILES string of the molecule is O=CC(CC(=O)c1ccc(F)cc1)c1ccccc1. The van der Waals surface area contributed by atoms with Crippen LogP contribution in [-0.2, 0) is 4.79 Å². The first kappa shape index (κ1) is 13.1. The predicted molar refractivity (Wildman–Crippen MR) is 70.6 cm³/mol. The van der Waals surface area contributed by atoms with E-state index in [2.05, 4.69) is 0 Å². The number of hydrogen-bond donors (Lipinski definition) is 0. The quantitative estimate of drug-likeness (QED) is 0.607. The number of benzene rings is 2. The zero-order valence-corrected chi connectivity index (χ0v) is 10.3. The molecule has 2 nitrogen and oxygen atoms in total. The Balaban J connectivity index is 2.13.